The second kappa shape index (κ2) is 9.32. The SMILES string of the molecule is Cc1ccc([N+](=O)[O-])cc1S(=O)(=O)N1CCC(C(=O)NCCc2c[nH]c3ccccc23)CC1. The highest BCUT2D eigenvalue weighted by Crippen LogP contribution is 2.28. The van der Waals surface area contributed by atoms with Gasteiger partial charge < -0.3 is 10.3 Å². The average molecular weight is 471 g/mol. The van der Waals surface area contributed by atoms with Gasteiger partial charge in [0, 0.05) is 54.8 Å². The maximum atomic E-state index is 13.1. The fraction of sp³-hybridized carbons (Fsp3) is 0.348. The Labute approximate surface area is 192 Å². The topological polar surface area (TPSA) is 125 Å². The van der Waals surface area contributed by atoms with Crippen molar-refractivity contribution in [2.24, 2.45) is 5.92 Å². The van der Waals surface area contributed by atoms with Crippen molar-refractivity contribution in [3.63, 3.8) is 0 Å². The molecule has 4 rings (SSSR count). The number of hydrogen-bond acceptors (Lipinski definition) is 5. The maximum Gasteiger partial charge on any atom is 0.270 e. The first-order chi connectivity index (χ1) is 15.8. The number of H-pyrrole nitrogens is 1. The summed E-state index contributed by atoms with van der Waals surface area (Å²) in [5.41, 5.74) is 2.40. The van der Waals surface area contributed by atoms with Gasteiger partial charge in [-0.1, -0.05) is 24.3 Å². The fourth-order valence-corrected chi connectivity index (χ4v) is 6.00. The number of aryl methyl sites for hydroxylation is 1. The molecule has 174 valence electrons. The molecule has 1 saturated heterocycles. The number of benzene rings is 2. The van der Waals surface area contributed by atoms with Crippen LogP contribution in [0.2, 0.25) is 0 Å². The van der Waals surface area contributed by atoms with Crippen molar-refractivity contribution < 1.29 is 18.1 Å². The summed E-state index contributed by atoms with van der Waals surface area (Å²) in [6.07, 6.45) is 3.48. The second-order valence-electron chi connectivity index (χ2n) is 8.29. The van der Waals surface area contributed by atoms with Gasteiger partial charge in [-0.3, -0.25) is 14.9 Å². The summed E-state index contributed by atoms with van der Waals surface area (Å²) in [6.45, 7) is 2.52. The number of hydrogen-bond donors (Lipinski definition) is 2. The second-order valence-corrected chi connectivity index (χ2v) is 10.2. The molecule has 0 aliphatic carbocycles. The summed E-state index contributed by atoms with van der Waals surface area (Å²) >= 11 is 0. The van der Waals surface area contributed by atoms with E-state index in [9.17, 15) is 23.3 Å². The number of nitro benzene ring substituents is 1. The van der Waals surface area contributed by atoms with E-state index >= 15 is 0 Å². The molecule has 3 aromatic rings. The number of nitrogens with zero attached hydrogens (tertiary/aromatic N) is 2. The van der Waals surface area contributed by atoms with E-state index in [1.807, 2.05) is 30.5 Å². The van der Waals surface area contributed by atoms with Crippen LogP contribution < -0.4 is 5.32 Å². The Morgan fingerprint density at radius 3 is 2.67 bits per heavy atom. The van der Waals surface area contributed by atoms with Crippen molar-refractivity contribution in [2.75, 3.05) is 19.6 Å². The van der Waals surface area contributed by atoms with Crippen molar-refractivity contribution in [1.82, 2.24) is 14.6 Å². The van der Waals surface area contributed by atoms with Crippen molar-refractivity contribution in [3.8, 4) is 0 Å². The molecule has 9 nitrogen and oxygen atoms in total. The van der Waals surface area contributed by atoms with E-state index in [-0.39, 0.29) is 35.5 Å². The third-order valence-electron chi connectivity index (χ3n) is 6.19. The number of rotatable bonds is 7. The molecule has 1 aliphatic rings. The first-order valence-corrected chi connectivity index (χ1v) is 12.3. The Morgan fingerprint density at radius 2 is 1.94 bits per heavy atom. The van der Waals surface area contributed by atoms with E-state index in [1.54, 1.807) is 6.92 Å². The number of piperidine rings is 1. The van der Waals surface area contributed by atoms with E-state index in [2.05, 4.69) is 10.3 Å². The Balaban J connectivity index is 1.33. The normalized spacial score (nSPS) is 15.5. The number of nitro groups is 1. The average Bonchev–Trinajstić information content (AvgIpc) is 3.22. The molecule has 2 N–H and O–H groups in total. The number of carbonyl (C=O) groups is 1. The van der Waals surface area contributed by atoms with E-state index < -0.39 is 14.9 Å². The molecule has 0 spiro atoms. The number of non-ortho nitro benzene ring substituents is 1. The van der Waals surface area contributed by atoms with Crippen LogP contribution in [0.25, 0.3) is 10.9 Å². The van der Waals surface area contributed by atoms with Gasteiger partial charge in [0.2, 0.25) is 15.9 Å². The monoisotopic (exact) mass is 470 g/mol. The van der Waals surface area contributed by atoms with Gasteiger partial charge in [-0.05, 0) is 43.4 Å². The van der Waals surface area contributed by atoms with Gasteiger partial charge in [-0.15, -0.1) is 0 Å². The Kier molecular flexibility index (Phi) is 6.48. The molecule has 1 fully saturated rings. The minimum Gasteiger partial charge on any atom is -0.361 e. The number of para-hydroxylation sites is 1. The molecule has 0 saturated carbocycles. The molecule has 1 aliphatic heterocycles. The zero-order chi connectivity index (χ0) is 23.6. The molecule has 0 atom stereocenters. The summed E-state index contributed by atoms with van der Waals surface area (Å²) in [7, 11) is -3.87. The third-order valence-corrected chi connectivity index (χ3v) is 8.23. The van der Waals surface area contributed by atoms with E-state index in [0.29, 0.717) is 31.4 Å². The van der Waals surface area contributed by atoms with Gasteiger partial charge >= 0.3 is 0 Å². The number of aromatic amines is 1. The predicted molar refractivity (Wildman–Crippen MR) is 124 cm³/mol. The van der Waals surface area contributed by atoms with Gasteiger partial charge in [-0.2, -0.15) is 4.31 Å². The summed E-state index contributed by atoms with van der Waals surface area (Å²) in [6, 6.07) is 11.8. The van der Waals surface area contributed by atoms with Crippen LogP contribution >= 0.6 is 0 Å². The first kappa shape index (κ1) is 22.9. The number of aromatic nitrogens is 1. The van der Waals surface area contributed by atoms with Crippen LogP contribution in [0, 0.1) is 23.0 Å². The van der Waals surface area contributed by atoms with Crippen LogP contribution in [0.1, 0.15) is 24.0 Å². The van der Waals surface area contributed by atoms with Gasteiger partial charge in [0.15, 0.2) is 0 Å². The zero-order valence-corrected chi connectivity index (χ0v) is 19.1. The number of nitrogens with one attached hydrogen (secondary N) is 2. The van der Waals surface area contributed by atoms with Crippen LogP contribution in [0.4, 0.5) is 5.69 Å². The molecule has 0 bridgehead atoms. The Bertz CT molecular complexity index is 1290. The lowest BCUT2D eigenvalue weighted by atomic mass is 9.97. The predicted octanol–water partition coefficient (Wildman–Crippen LogP) is 3.14. The molecular weight excluding hydrogens is 444 g/mol. The maximum absolute atomic E-state index is 13.1. The van der Waals surface area contributed by atoms with Crippen LogP contribution in [0.5, 0.6) is 0 Å². The van der Waals surface area contributed by atoms with Crippen molar-refractivity contribution >= 4 is 32.5 Å². The minimum atomic E-state index is -3.87. The highest BCUT2D eigenvalue weighted by atomic mass is 32.2. The van der Waals surface area contributed by atoms with Crippen molar-refractivity contribution in [2.45, 2.75) is 31.1 Å². The summed E-state index contributed by atoms with van der Waals surface area (Å²) in [5.74, 6) is -0.330. The van der Waals surface area contributed by atoms with E-state index in [1.165, 1.54) is 16.4 Å². The molecule has 0 radical (unpaired) electrons. The van der Waals surface area contributed by atoms with Gasteiger partial charge in [0.1, 0.15) is 0 Å². The molecule has 10 heteroatoms. The van der Waals surface area contributed by atoms with Crippen LogP contribution in [0.15, 0.2) is 53.6 Å². The highest BCUT2D eigenvalue weighted by Gasteiger charge is 2.33. The lowest BCUT2D eigenvalue weighted by Crippen LogP contribution is -2.43. The van der Waals surface area contributed by atoms with E-state index in [4.69, 9.17) is 0 Å². The summed E-state index contributed by atoms with van der Waals surface area (Å²) in [5, 5.41) is 15.2. The smallest absolute Gasteiger partial charge is 0.270 e. The molecule has 33 heavy (non-hydrogen) atoms. The number of carbonyl (C=O) groups excluding carboxylic acids is 1. The van der Waals surface area contributed by atoms with Gasteiger partial charge in [-0.25, -0.2) is 8.42 Å². The molecule has 2 heterocycles. The quantitative estimate of drug-likeness (QED) is 0.405. The summed E-state index contributed by atoms with van der Waals surface area (Å²) in [4.78, 5) is 26.3. The standard InChI is InChI=1S/C23H26N4O5S/c1-16-6-7-19(27(29)30)14-22(16)33(31,32)26-12-9-17(10-13-26)23(28)24-11-8-18-15-25-21-5-3-2-4-20(18)21/h2-7,14-15,17,25H,8-13H2,1H3,(H,24,28). The molecule has 2 aromatic carbocycles. The van der Waals surface area contributed by atoms with E-state index in [0.717, 1.165) is 22.5 Å². The van der Waals surface area contributed by atoms with Crippen LogP contribution in [-0.2, 0) is 21.2 Å². The first-order valence-electron chi connectivity index (χ1n) is 10.9. The van der Waals surface area contributed by atoms with Crippen molar-refractivity contribution in [1.29, 1.82) is 0 Å². The van der Waals surface area contributed by atoms with Crippen LogP contribution in [-0.4, -0.2) is 48.2 Å². The zero-order valence-electron chi connectivity index (χ0n) is 18.3. The number of sulfonamides is 1. The van der Waals surface area contributed by atoms with Crippen LogP contribution in [0.3, 0.4) is 0 Å². The van der Waals surface area contributed by atoms with Crippen molar-refractivity contribution in [3.05, 3.63) is 69.9 Å². The third kappa shape index (κ3) is 4.76. The Hall–Kier alpha value is -3.24. The molecule has 1 amide bonds. The largest absolute Gasteiger partial charge is 0.361 e. The minimum absolute atomic E-state index is 0.0571. The van der Waals surface area contributed by atoms with Gasteiger partial charge in [0.25, 0.3) is 5.69 Å². The molecule has 0 unspecified atom stereocenters. The molecular formula is C23H26N4O5S. The molecule has 1 aromatic heterocycles. The number of fused-ring (bicyclic) bond motifs is 1. The highest BCUT2D eigenvalue weighted by molar-refractivity contribution is 7.89. The lowest BCUT2D eigenvalue weighted by molar-refractivity contribution is -0.385. The Morgan fingerprint density at radius 1 is 1.21 bits per heavy atom. The van der Waals surface area contributed by atoms with Gasteiger partial charge in [0.05, 0.1) is 9.82 Å². The number of amides is 1. The lowest BCUT2D eigenvalue weighted by Gasteiger charge is -2.30. The summed E-state index contributed by atoms with van der Waals surface area (Å²) < 4.78 is 27.5. The fourth-order valence-electron chi connectivity index (χ4n) is 4.28.